The first kappa shape index (κ1) is 16.3. The second-order valence-electron chi connectivity index (χ2n) is 6.04. The first-order valence-corrected chi connectivity index (χ1v) is 8.52. The van der Waals surface area contributed by atoms with Gasteiger partial charge in [-0.1, -0.05) is 27.7 Å². The average Bonchev–Trinajstić information content (AvgIpc) is 2.30. The Balaban J connectivity index is 2.56. The molecule has 0 amide bonds. The minimum absolute atomic E-state index is 0.318. The van der Waals surface area contributed by atoms with Crippen molar-refractivity contribution in [2.45, 2.75) is 69.9 Å². The summed E-state index contributed by atoms with van der Waals surface area (Å²) in [7, 11) is 0. The van der Waals surface area contributed by atoms with Crippen molar-refractivity contribution in [3.8, 4) is 0 Å². The molecule has 0 aliphatic heterocycles. The van der Waals surface area contributed by atoms with Gasteiger partial charge in [-0.2, -0.15) is 11.8 Å². The quantitative estimate of drug-likeness (QED) is 0.746. The second kappa shape index (κ2) is 8.44. The van der Waals surface area contributed by atoms with Gasteiger partial charge in [0.1, 0.15) is 0 Å². The molecule has 1 saturated carbocycles. The van der Waals surface area contributed by atoms with E-state index in [-0.39, 0.29) is 0 Å². The average molecular weight is 273 g/mol. The fourth-order valence-corrected chi connectivity index (χ4v) is 4.66. The van der Waals surface area contributed by atoms with Crippen LogP contribution in [0.1, 0.15) is 53.4 Å². The maximum Gasteiger partial charge on any atom is 0.0441 e. The molecule has 0 heterocycles. The smallest absolute Gasteiger partial charge is 0.0441 e. The first-order chi connectivity index (χ1) is 8.58. The molecule has 108 valence electrons. The van der Waals surface area contributed by atoms with E-state index < -0.39 is 0 Å². The monoisotopic (exact) mass is 273 g/mol. The van der Waals surface area contributed by atoms with Gasteiger partial charge in [0.15, 0.2) is 0 Å². The van der Waals surface area contributed by atoms with Crippen LogP contribution in [0.5, 0.6) is 0 Å². The predicted octanol–water partition coefficient (Wildman–Crippen LogP) is 3.29. The molecular formula is C15H31NOS. The van der Waals surface area contributed by atoms with E-state index in [0.29, 0.717) is 23.1 Å². The van der Waals surface area contributed by atoms with E-state index >= 15 is 0 Å². The molecule has 0 saturated heterocycles. The third kappa shape index (κ3) is 5.10. The summed E-state index contributed by atoms with van der Waals surface area (Å²) in [5.74, 6) is 1.63. The van der Waals surface area contributed by atoms with E-state index in [2.05, 4.69) is 44.8 Å². The first-order valence-electron chi connectivity index (χ1n) is 7.58. The highest BCUT2D eigenvalue weighted by Gasteiger charge is 2.34. The molecule has 1 aliphatic carbocycles. The Hall–Kier alpha value is 0.270. The van der Waals surface area contributed by atoms with E-state index in [1.807, 2.05) is 0 Å². The van der Waals surface area contributed by atoms with E-state index in [1.54, 1.807) is 0 Å². The summed E-state index contributed by atoms with van der Waals surface area (Å²) >= 11 is 2.09. The van der Waals surface area contributed by atoms with Gasteiger partial charge in [-0.05, 0) is 44.1 Å². The standard InChI is InChI=1S/C15H31NOS/c1-5-7-16-14-10-11(2)9-12(3)15(14)18-13(4)6-8-17/h11-17H,5-10H2,1-4H3. The SMILES string of the molecule is CCCNC1CC(C)CC(C)C1SC(C)CCO. The van der Waals surface area contributed by atoms with E-state index in [9.17, 15) is 0 Å². The summed E-state index contributed by atoms with van der Waals surface area (Å²) in [4.78, 5) is 0. The largest absolute Gasteiger partial charge is 0.396 e. The van der Waals surface area contributed by atoms with Crippen LogP contribution < -0.4 is 5.32 Å². The predicted molar refractivity (Wildman–Crippen MR) is 82.2 cm³/mol. The normalized spacial score (nSPS) is 34.5. The van der Waals surface area contributed by atoms with E-state index in [1.165, 1.54) is 19.3 Å². The van der Waals surface area contributed by atoms with Crippen LogP contribution in [0, 0.1) is 11.8 Å². The summed E-state index contributed by atoms with van der Waals surface area (Å²) < 4.78 is 0. The highest BCUT2D eigenvalue weighted by Crippen LogP contribution is 2.38. The van der Waals surface area contributed by atoms with Crippen LogP contribution in [-0.4, -0.2) is 34.8 Å². The van der Waals surface area contributed by atoms with Crippen molar-refractivity contribution in [3.63, 3.8) is 0 Å². The number of nitrogens with one attached hydrogen (secondary N) is 1. The molecule has 0 aromatic carbocycles. The molecule has 1 fully saturated rings. The number of aliphatic hydroxyl groups excluding tert-OH is 1. The van der Waals surface area contributed by atoms with Crippen molar-refractivity contribution >= 4 is 11.8 Å². The van der Waals surface area contributed by atoms with Crippen molar-refractivity contribution in [1.82, 2.24) is 5.32 Å². The summed E-state index contributed by atoms with van der Waals surface area (Å²) in [5.41, 5.74) is 0. The lowest BCUT2D eigenvalue weighted by Crippen LogP contribution is -2.47. The lowest BCUT2D eigenvalue weighted by molar-refractivity contribution is 0.248. The van der Waals surface area contributed by atoms with Gasteiger partial charge in [0.2, 0.25) is 0 Å². The lowest BCUT2D eigenvalue weighted by Gasteiger charge is -2.41. The van der Waals surface area contributed by atoms with Crippen LogP contribution in [0.25, 0.3) is 0 Å². The van der Waals surface area contributed by atoms with Gasteiger partial charge in [-0.3, -0.25) is 0 Å². The number of hydrogen-bond acceptors (Lipinski definition) is 3. The zero-order valence-corrected chi connectivity index (χ0v) is 13.3. The highest BCUT2D eigenvalue weighted by atomic mass is 32.2. The Bertz CT molecular complexity index is 225. The zero-order chi connectivity index (χ0) is 13.5. The Morgan fingerprint density at radius 3 is 2.67 bits per heavy atom. The minimum Gasteiger partial charge on any atom is -0.396 e. The molecule has 0 aromatic heterocycles. The summed E-state index contributed by atoms with van der Waals surface area (Å²) in [5, 5.41) is 14.1. The van der Waals surface area contributed by atoms with Gasteiger partial charge in [-0.25, -0.2) is 0 Å². The number of hydrogen-bond donors (Lipinski definition) is 2. The van der Waals surface area contributed by atoms with Gasteiger partial charge < -0.3 is 10.4 Å². The van der Waals surface area contributed by atoms with E-state index in [0.717, 1.165) is 24.8 Å². The Morgan fingerprint density at radius 2 is 2.06 bits per heavy atom. The maximum atomic E-state index is 9.05. The molecule has 1 aliphatic rings. The summed E-state index contributed by atoms with van der Waals surface area (Å²) in [6.07, 6.45) is 4.80. The molecule has 0 radical (unpaired) electrons. The molecule has 5 atom stereocenters. The number of thioether (sulfide) groups is 1. The number of aliphatic hydroxyl groups is 1. The minimum atomic E-state index is 0.318. The molecule has 1 rings (SSSR count). The van der Waals surface area contributed by atoms with Crippen LogP contribution in [0.3, 0.4) is 0 Å². The van der Waals surface area contributed by atoms with Crippen molar-refractivity contribution in [2.24, 2.45) is 11.8 Å². The third-order valence-electron chi connectivity index (χ3n) is 3.97. The molecule has 2 N–H and O–H groups in total. The van der Waals surface area contributed by atoms with E-state index in [4.69, 9.17) is 5.11 Å². The van der Waals surface area contributed by atoms with Crippen LogP contribution in [-0.2, 0) is 0 Å². The Morgan fingerprint density at radius 1 is 1.33 bits per heavy atom. The molecule has 0 spiro atoms. The summed E-state index contributed by atoms with van der Waals surface area (Å²) in [6.45, 7) is 10.7. The van der Waals surface area contributed by atoms with Gasteiger partial charge in [0, 0.05) is 23.1 Å². The lowest BCUT2D eigenvalue weighted by atomic mass is 9.80. The van der Waals surface area contributed by atoms with Gasteiger partial charge in [0.05, 0.1) is 0 Å². The Kier molecular flexibility index (Phi) is 7.66. The van der Waals surface area contributed by atoms with Crippen molar-refractivity contribution in [2.75, 3.05) is 13.2 Å². The molecule has 0 bridgehead atoms. The van der Waals surface area contributed by atoms with Gasteiger partial charge >= 0.3 is 0 Å². The second-order valence-corrected chi connectivity index (χ2v) is 7.66. The summed E-state index contributed by atoms with van der Waals surface area (Å²) in [6, 6.07) is 0.662. The van der Waals surface area contributed by atoms with Gasteiger partial charge in [-0.15, -0.1) is 0 Å². The fourth-order valence-electron chi connectivity index (χ4n) is 3.11. The zero-order valence-electron chi connectivity index (χ0n) is 12.5. The van der Waals surface area contributed by atoms with Crippen LogP contribution in [0.4, 0.5) is 0 Å². The molecule has 2 nitrogen and oxygen atoms in total. The molecule has 3 heteroatoms. The number of rotatable bonds is 7. The Labute approximate surface area is 117 Å². The fraction of sp³-hybridized carbons (Fsp3) is 1.00. The van der Waals surface area contributed by atoms with Crippen molar-refractivity contribution in [1.29, 1.82) is 0 Å². The topological polar surface area (TPSA) is 32.3 Å². The van der Waals surface area contributed by atoms with Crippen molar-refractivity contribution < 1.29 is 5.11 Å². The molecule has 18 heavy (non-hydrogen) atoms. The van der Waals surface area contributed by atoms with Crippen LogP contribution >= 0.6 is 11.8 Å². The van der Waals surface area contributed by atoms with Crippen molar-refractivity contribution in [3.05, 3.63) is 0 Å². The third-order valence-corrected chi connectivity index (χ3v) is 5.78. The molecule has 5 unspecified atom stereocenters. The van der Waals surface area contributed by atoms with Crippen LogP contribution in [0.15, 0.2) is 0 Å². The maximum absolute atomic E-state index is 9.05. The van der Waals surface area contributed by atoms with Crippen LogP contribution in [0.2, 0.25) is 0 Å². The van der Waals surface area contributed by atoms with Gasteiger partial charge in [0.25, 0.3) is 0 Å². The molecule has 0 aromatic rings. The molecular weight excluding hydrogens is 242 g/mol. The highest BCUT2D eigenvalue weighted by molar-refractivity contribution is 8.00.